The second kappa shape index (κ2) is 5.46. The fourth-order valence-corrected chi connectivity index (χ4v) is 1.38. The lowest BCUT2D eigenvalue weighted by Crippen LogP contribution is -2.32. The third-order valence-corrected chi connectivity index (χ3v) is 2.21. The first-order valence-electron chi connectivity index (χ1n) is 4.79. The summed E-state index contributed by atoms with van der Waals surface area (Å²) >= 11 is 4.69. The molecule has 0 saturated carbocycles. The topological polar surface area (TPSA) is 55.1 Å². The van der Waals surface area contributed by atoms with E-state index >= 15 is 0 Å². The normalized spacial score (nSPS) is 9.67. The van der Waals surface area contributed by atoms with Crippen molar-refractivity contribution in [1.29, 1.82) is 0 Å². The van der Waals surface area contributed by atoms with Gasteiger partial charge >= 0.3 is 0 Å². The number of carbonyl (C=O) groups excluding carboxylic acids is 1. The number of aryl methyl sites for hydroxylation is 1. The summed E-state index contributed by atoms with van der Waals surface area (Å²) in [7, 11) is 0. The van der Waals surface area contributed by atoms with E-state index in [0.29, 0.717) is 5.56 Å². The van der Waals surface area contributed by atoms with Crippen LogP contribution in [-0.2, 0) is 6.42 Å². The molecule has 0 bridgehead atoms. The van der Waals surface area contributed by atoms with Crippen molar-refractivity contribution >= 4 is 23.1 Å². The molecular weight excluding hydrogens is 208 g/mol. The Balaban J connectivity index is 2.77. The van der Waals surface area contributed by atoms with E-state index in [1.807, 2.05) is 25.1 Å². The predicted molar refractivity (Wildman–Crippen MR) is 64.9 cm³/mol. The van der Waals surface area contributed by atoms with E-state index in [1.165, 1.54) is 0 Å². The van der Waals surface area contributed by atoms with E-state index in [0.717, 1.165) is 12.0 Å². The van der Waals surface area contributed by atoms with Crippen LogP contribution in [0.5, 0.6) is 0 Å². The summed E-state index contributed by atoms with van der Waals surface area (Å²) in [6.45, 7) is 2.26. The molecule has 1 aromatic carbocycles. The molecule has 0 aliphatic heterocycles. The minimum absolute atomic E-state index is 0.125. The fraction of sp³-hybridized carbons (Fsp3) is 0.273. The maximum absolute atomic E-state index is 11.7. The van der Waals surface area contributed by atoms with Crippen LogP contribution in [0.1, 0.15) is 22.8 Å². The smallest absolute Gasteiger partial charge is 0.251 e. The Hall–Kier alpha value is -1.42. The summed E-state index contributed by atoms with van der Waals surface area (Å²) in [5.41, 5.74) is 7.02. The van der Waals surface area contributed by atoms with Gasteiger partial charge in [0.1, 0.15) is 0 Å². The fourth-order valence-electron chi connectivity index (χ4n) is 1.31. The van der Waals surface area contributed by atoms with Crippen molar-refractivity contribution < 1.29 is 4.79 Å². The maximum Gasteiger partial charge on any atom is 0.251 e. The molecule has 80 valence electrons. The van der Waals surface area contributed by atoms with E-state index in [1.54, 1.807) is 6.07 Å². The SMILES string of the molecule is CCc1ccccc1C(=O)NCC(N)=S. The molecule has 1 amide bonds. The van der Waals surface area contributed by atoms with Crippen molar-refractivity contribution in [2.24, 2.45) is 5.73 Å². The Morgan fingerprint density at radius 3 is 2.73 bits per heavy atom. The highest BCUT2D eigenvalue weighted by atomic mass is 32.1. The van der Waals surface area contributed by atoms with E-state index in [9.17, 15) is 4.79 Å². The molecule has 15 heavy (non-hydrogen) atoms. The summed E-state index contributed by atoms with van der Waals surface area (Å²) in [5.74, 6) is -0.125. The van der Waals surface area contributed by atoms with Gasteiger partial charge in [0.05, 0.1) is 11.5 Å². The summed E-state index contributed by atoms with van der Waals surface area (Å²) in [6, 6.07) is 7.50. The summed E-state index contributed by atoms with van der Waals surface area (Å²) in [4.78, 5) is 12.0. The Morgan fingerprint density at radius 2 is 2.13 bits per heavy atom. The molecule has 0 aliphatic carbocycles. The molecule has 0 radical (unpaired) electrons. The monoisotopic (exact) mass is 222 g/mol. The van der Waals surface area contributed by atoms with Gasteiger partial charge in [0.25, 0.3) is 5.91 Å². The van der Waals surface area contributed by atoms with Gasteiger partial charge in [-0.25, -0.2) is 0 Å². The zero-order valence-corrected chi connectivity index (χ0v) is 9.43. The summed E-state index contributed by atoms with van der Waals surface area (Å²) in [5, 5.41) is 2.67. The molecule has 1 rings (SSSR count). The average Bonchev–Trinajstić information content (AvgIpc) is 2.25. The molecule has 0 unspecified atom stereocenters. The van der Waals surface area contributed by atoms with Crippen molar-refractivity contribution in [2.45, 2.75) is 13.3 Å². The van der Waals surface area contributed by atoms with Crippen LogP contribution in [0.15, 0.2) is 24.3 Å². The molecule has 0 fully saturated rings. The number of carbonyl (C=O) groups is 1. The number of benzene rings is 1. The third kappa shape index (κ3) is 3.32. The highest BCUT2D eigenvalue weighted by molar-refractivity contribution is 7.80. The molecular formula is C11H14N2OS. The molecule has 0 aromatic heterocycles. The zero-order chi connectivity index (χ0) is 11.3. The van der Waals surface area contributed by atoms with E-state index in [4.69, 9.17) is 5.73 Å². The van der Waals surface area contributed by atoms with E-state index in [-0.39, 0.29) is 17.4 Å². The summed E-state index contributed by atoms with van der Waals surface area (Å²) < 4.78 is 0. The molecule has 4 heteroatoms. The van der Waals surface area contributed by atoms with Gasteiger partial charge in [-0.3, -0.25) is 4.79 Å². The first kappa shape index (κ1) is 11.7. The quantitative estimate of drug-likeness (QED) is 0.754. The largest absolute Gasteiger partial charge is 0.392 e. The van der Waals surface area contributed by atoms with Crippen molar-refractivity contribution in [2.75, 3.05) is 6.54 Å². The molecule has 3 nitrogen and oxygen atoms in total. The van der Waals surface area contributed by atoms with Gasteiger partial charge < -0.3 is 11.1 Å². The number of hydrogen-bond donors (Lipinski definition) is 2. The number of thiocarbonyl (C=S) groups is 1. The number of amides is 1. The highest BCUT2D eigenvalue weighted by Gasteiger charge is 2.08. The molecule has 0 heterocycles. The van der Waals surface area contributed by atoms with Gasteiger partial charge in [-0.2, -0.15) is 0 Å². The molecule has 0 spiro atoms. The first-order valence-corrected chi connectivity index (χ1v) is 5.20. The van der Waals surface area contributed by atoms with Crippen LogP contribution in [0.3, 0.4) is 0 Å². The van der Waals surface area contributed by atoms with Crippen LogP contribution >= 0.6 is 12.2 Å². The van der Waals surface area contributed by atoms with E-state index in [2.05, 4.69) is 17.5 Å². The van der Waals surface area contributed by atoms with Crippen LogP contribution in [0.2, 0.25) is 0 Å². The Labute approximate surface area is 94.7 Å². The van der Waals surface area contributed by atoms with Gasteiger partial charge in [0.15, 0.2) is 0 Å². The van der Waals surface area contributed by atoms with Crippen LogP contribution in [0.25, 0.3) is 0 Å². The van der Waals surface area contributed by atoms with E-state index < -0.39 is 0 Å². The summed E-state index contributed by atoms with van der Waals surface area (Å²) in [6.07, 6.45) is 0.830. The second-order valence-corrected chi connectivity index (χ2v) is 3.68. The van der Waals surface area contributed by atoms with Crippen molar-refractivity contribution in [3.63, 3.8) is 0 Å². The first-order chi connectivity index (χ1) is 7.15. The highest BCUT2D eigenvalue weighted by Crippen LogP contribution is 2.08. The maximum atomic E-state index is 11.7. The van der Waals surface area contributed by atoms with Gasteiger partial charge in [-0.05, 0) is 18.1 Å². The lowest BCUT2D eigenvalue weighted by molar-refractivity contribution is 0.0958. The average molecular weight is 222 g/mol. The van der Waals surface area contributed by atoms with Crippen molar-refractivity contribution in [3.05, 3.63) is 35.4 Å². The number of nitrogens with one attached hydrogen (secondary N) is 1. The molecule has 3 N–H and O–H groups in total. The molecule has 0 aliphatic rings. The lowest BCUT2D eigenvalue weighted by Gasteiger charge is -2.07. The molecule has 0 saturated heterocycles. The number of nitrogens with two attached hydrogens (primary N) is 1. The van der Waals surface area contributed by atoms with Gasteiger partial charge in [-0.15, -0.1) is 0 Å². The minimum Gasteiger partial charge on any atom is -0.392 e. The Bertz CT molecular complexity index is 377. The van der Waals surface area contributed by atoms with Crippen molar-refractivity contribution in [1.82, 2.24) is 5.32 Å². The van der Waals surface area contributed by atoms with Gasteiger partial charge in [0, 0.05) is 5.56 Å². The predicted octanol–water partition coefficient (Wildman–Crippen LogP) is 1.26. The van der Waals surface area contributed by atoms with Gasteiger partial charge in [-0.1, -0.05) is 37.3 Å². The standard InChI is InChI=1S/C11H14N2OS/c1-2-8-5-3-4-6-9(8)11(14)13-7-10(12)15/h3-6H,2,7H2,1H3,(H2,12,15)(H,13,14). The van der Waals surface area contributed by atoms with Gasteiger partial charge in [0.2, 0.25) is 0 Å². The Morgan fingerprint density at radius 1 is 1.47 bits per heavy atom. The third-order valence-electron chi connectivity index (χ3n) is 2.07. The zero-order valence-electron chi connectivity index (χ0n) is 8.62. The van der Waals surface area contributed by atoms with Crippen LogP contribution in [-0.4, -0.2) is 17.4 Å². The Kier molecular flexibility index (Phi) is 4.24. The number of rotatable bonds is 4. The van der Waals surface area contributed by atoms with Crippen molar-refractivity contribution in [3.8, 4) is 0 Å². The van der Waals surface area contributed by atoms with Crippen LogP contribution in [0.4, 0.5) is 0 Å². The second-order valence-electron chi connectivity index (χ2n) is 3.16. The van der Waals surface area contributed by atoms with Crippen LogP contribution < -0.4 is 11.1 Å². The van der Waals surface area contributed by atoms with Crippen LogP contribution in [0, 0.1) is 0 Å². The minimum atomic E-state index is -0.125. The molecule has 0 atom stereocenters. The molecule has 1 aromatic rings. The number of hydrogen-bond acceptors (Lipinski definition) is 2. The lowest BCUT2D eigenvalue weighted by atomic mass is 10.0.